The second-order valence-electron chi connectivity index (χ2n) is 2.60. The molecule has 1 aliphatic rings. The number of thiophene rings is 1. The second kappa shape index (κ2) is 2.05. The Morgan fingerprint density at radius 3 is 3.20 bits per heavy atom. The van der Waals surface area contributed by atoms with E-state index >= 15 is 0 Å². The summed E-state index contributed by atoms with van der Waals surface area (Å²) in [5.74, 6) is 0. The Labute approximate surface area is 63.3 Å². The molecule has 3 heteroatoms. The van der Waals surface area contributed by atoms with Gasteiger partial charge >= 0.3 is 0 Å². The third kappa shape index (κ3) is 0.714. The Morgan fingerprint density at radius 1 is 1.70 bits per heavy atom. The first kappa shape index (κ1) is 6.34. The summed E-state index contributed by atoms with van der Waals surface area (Å²) in [6, 6.07) is 2.07. The van der Waals surface area contributed by atoms with Gasteiger partial charge in [-0.15, -0.1) is 11.3 Å². The molecular weight excluding hydrogens is 146 g/mol. The fourth-order valence-corrected chi connectivity index (χ4v) is 2.35. The van der Waals surface area contributed by atoms with Gasteiger partial charge in [0.15, 0.2) is 0 Å². The van der Waals surface area contributed by atoms with E-state index in [9.17, 15) is 5.11 Å². The van der Waals surface area contributed by atoms with E-state index in [1.807, 2.05) is 11.4 Å². The minimum Gasteiger partial charge on any atom is -0.387 e. The molecule has 2 unspecified atom stereocenters. The van der Waals surface area contributed by atoms with Gasteiger partial charge in [0.1, 0.15) is 0 Å². The molecule has 0 radical (unpaired) electrons. The normalized spacial score (nSPS) is 30.6. The van der Waals surface area contributed by atoms with Gasteiger partial charge in [0.2, 0.25) is 0 Å². The molecule has 10 heavy (non-hydrogen) atoms. The van der Waals surface area contributed by atoms with Gasteiger partial charge in [0.05, 0.1) is 6.10 Å². The Balaban J connectivity index is 2.48. The Kier molecular flexibility index (Phi) is 1.30. The number of aliphatic hydroxyl groups excluding tert-OH is 1. The number of hydrogen-bond acceptors (Lipinski definition) is 3. The summed E-state index contributed by atoms with van der Waals surface area (Å²) < 4.78 is 0. The van der Waals surface area contributed by atoms with Crippen LogP contribution in [0.3, 0.4) is 0 Å². The van der Waals surface area contributed by atoms with Crippen LogP contribution in [-0.2, 0) is 0 Å². The molecule has 2 atom stereocenters. The zero-order valence-electron chi connectivity index (χ0n) is 5.45. The molecule has 0 amide bonds. The predicted molar refractivity (Wildman–Crippen MR) is 40.8 cm³/mol. The molecule has 1 heterocycles. The highest BCUT2D eigenvalue weighted by Crippen LogP contribution is 2.40. The Morgan fingerprint density at radius 2 is 2.50 bits per heavy atom. The Bertz CT molecular complexity index is 223. The van der Waals surface area contributed by atoms with E-state index < -0.39 is 0 Å². The second-order valence-corrected chi connectivity index (χ2v) is 3.55. The molecule has 1 aromatic heterocycles. The molecule has 0 fully saturated rings. The van der Waals surface area contributed by atoms with Crippen molar-refractivity contribution < 1.29 is 5.11 Å². The smallest absolute Gasteiger partial charge is 0.0903 e. The molecular formula is C7H9NOS. The van der Waals surface area contributed by atoms with Gasteiger partial charge in [-0.3, -0.25) is 0 Å². The highest BCUT2D eigenvalue weighted by Gasteiger charge is 2.27. The molecule has 3 N–H and O–H groups in total. The number of nitrogens with two attached hydrogens (primary N) is 1. The van der Waals surface area contributed by atoms with Gasteiger partial charge in [0.25, 0.3) is 0 Å². The van der Waals surface area contributed by atoms with Crippen LogP contribution in [0.15, 0.2) is 11.4 Å². The summed E-state index contributed by atoms with van der Waals surface area (Å²) in [7, 11) is 0. The molecule has 0 aliphatic heterocycles. The minimum absolute atomic E-state index is 0.0660. The van der Waals surface area contributed by atoms with E-state index in [-0.39, 0.29) is 12.1 Å². The zero-order valence-corrected chi connectivity index (χ0v) is 6.27. The van der Waals surface area contributed by atoms with Gasteiger partial charge in [-0.2, -0.15) is 0 Å². The third-order valence-corrected chi connectivity index (χ3v) is 2.94. The van der Waals surface area contributed by atoms with Gasteiger partial charge in [-0.1, -0.05) is 0 Å². The van der Waals surface area contributed by atoms with Crippen molar-refractivity contribution >= 4 is 11.3 Å². The summed E-state index contributed by atoms with van der Waals surface area (Å²) in [4.78, 5) is 1.06. The van der Waals surface area contributed by atoms with Crippen molar-refractivity contribution in [2.75, 3.05) is 0 Å². The van der Waals surface area contributed by atoms with E-state index in [1.54, 1.807) is 11.3 Å². The lowest BCUT2D eigenvalue weighted by Crippen LogP contribution is -2.04. The highest BCUT2D eigenvalue weighted by molar-refractivity contribution is 7.10. The average Bonchev–Trinajstić information content (AvgIpc) is 2.39. The fraction of sp³-hybridized carbons (Fsp3) is 0.429. The van der Waals surface area contributed by atoms with E-state index in [2.05, 4.69) is 0 Å². The van der Waals surface area contributed by atoms with E-state index in [4.69, 9.17) is 5.73 Å². The van der Waals surface area contributed by atoms with Crippen LogP contribution in [-0.4, -0.2) is 5.11 Å². The number of aliphatic hydroxyl groups is 1. The van der Waals surface area contributed by atoms with Crippen LogP contribution >= 0.6 is 11.3 Å². The molecule has 1 aromatic rings. The minimum atomic E-state index is -0.301. The van der Waals surface area contributed by atoms with Crippen LogP contribution < -0.4 is 5.73 Å². The summed E-state index contributed by atoms with van der Waals surface area (Å²) in [5, 5.41) is 11.4. The molecule has 0 saturated carbocycles. The van der Waals surface area contributed by atoms with Crippen molar-refractivity contribution in [1.29, 1.82) is 0 Å². The SMILES string of the molecule is NC1CC(O)c2sccc21. The van der Waals surface area contributed by atoms with E-state index in [0.29, 0.717) is 6.42 Å². The maximum atomic E-state index is 9.37. The molecule has 0 bridgehead atoms. The standard InChI is InChI=1S/C7H9NOS/c8-5-3-6(9)7-4(5)1-2-10-7/h1-2,5-6,9H,3,8H2. The summed E-state index contributed by atoms with van der Waals surface area (Å²) in [6.45, 7) is 0. The summed E-state index contributed by atoms with van der Waals surface area (Å²) in [5.41, 5.74) is 6.86. The fourth-order valence-electron chi connectivity index (χ4n) is 1.38. The molecule has 2 rings (SSSR count). The van der Waals surface area contributed by atoms with E-state index in [1.165, 1.54) is 0 Å². The first-order valence-electron chi connectivity index (χ1n) is 3.30. The topological polar surface area (TPSA) is 46.2 Å². The molecule has 1 aliphatic carbocycles. The number of hydrogen-bond donors (Lipinski definition) is 2. The number of fused-ring (bicyclic) bond motifs is 1. The van der Waals surface area contributed by atoms with Gasteiger partial charge in [-0.05, 0) is 23.4 Å². The highest BCUT2D eigenvalue weighted by atomic mass is 32.1. The number of rotatable bonds is 0. The van der Waals surface area contributed by atoms with Crippen LogP contribution in [0.25, 0.3) is 0 Å². The van der Waals surface area contributed by atoms with Gasteiger partial charge < -0.3 is 10.8 Å². The molecule has 54 valence electrons. The molecule has 0 saturated heterocycles. The van der Waals surface area contributed by atoms with Crippen LogP contribution in [0.2, 0.25) is 0 Å². The monoisotopic (exact) mass is 155 g/mol. The molecule has 2 nitrogen and oxygen atoms in total. The predicted octanol–water partition coefficient (Wildman–Crippen LogP) is 1.19. The lowest BCUT2D eigenvalue weighted by atomic mass is 10.2. The average molecular weight is 155 g/mol. The third-order valence-electron chi connectivity index (χ3n) is 1.91. The first-order valence-corrected chi connectivity index (χ1v) is 4.18. The van der Waals surface area contributed by atoms with Crippen molar-refractivity contribution in [3.63, 3.8) is 0 Å². The first-order chi connectivity index (χ1) is 4.79. The maximum absolute atomic E-state index is 9.37. The molecule has 0 spiro atoms. The summed E-state index contributed by atoms with van der Waals surface area (Å²) >= 11 is 1.59. The van der Waals surface area contributed by atoms with Crippen molar-refractivity contribution in [1.82, 2.24) is 0 Å². The van der Waals surface area contributed by atoms with Crippen molar-refractivity contribution in [2.45, 2.75) is 18.6 Å². The zero-order chi connectivity index (χ0) is 7.14. The van der Waals surface area contributed by atoms with Crippen LogP contribution in [0, 0.1) is 0 Å². The quantitative estimate of drug-likeness (QED) is 0.591. The van der Waals surface area contributed by atoms with Crippen molar-refractivity contribution in [3.05, 3.63) is 21.9 Å². The van der Waals surface area contributed by atoms with Gasteiger partial charge in [0, 0.05) is 10.9 Å². The molecule has 0 aromatic carbocycles. The van der Waals surface area contributed by atoms with Crippen molar-refractivity contribution in [2.24, 2.45) is 5.73 Å². The van der Waals surface area contributed by atoms with Crippen LogP contribution in [0.1, 0.15) is 29.0 Å². The van der Waals surface area contributed by atoms with Gasteiger partial charge in [-0.25, -0.2) is 0 Å². The van der Waals surface area contributed by atoms with E-state index in [0.717, 1.165) is 10.4 Å². The largest absolute Gasteiger partial charge is 0.387 e. The maximum Gasteiger partial charge on any atom is 0.0903 e. The lowest BCUT2D eigenvalue weighted by molar-refractivity contribution is 0.176. The summed E-state index contributed by atoms with van der Waals surface area (Å²) in [6.07, 6.45) is 0.396. The van der Waals surface area contributed by atoms with Crippen molar-refractivity contribution in [3.8, 4) is 0 Å². The van der Waals surface area contributed by atoms with Crippen LogP contribution in [0.4, 0.5) is 0 Å². The Hall–Kier alpha value is -0.380. The lowest BCUT2D eigenvalue weighted by Gasteiger charge is -1.99. The van der Waals surface area contributed by atoms with Crippen LogP contribution in [0.5, 0.6) is 0 Å².